The summed E-state index contributed by atoms with van der Waals surface area (Å²) in [5.41, 5.74) is 4.65. The Labute approximate surface area is 257 Å². The zero-order valence-corrected chi connectivity index (χ0v) is 27.3. The number of likely N-dealkylation sites (N-methyl/N-ethyl adjacent to an activating group) is 2. The highest BCUT2D eigenvalue weighted by Crippen LogP contribution is 2.43. The van der Waals surface area contributed by atoms with Gasteiger partial charge in [-0.2, -0.15) is 0 Å². The van der Waals surface area contributed by atoms with Crippen LogP contribution >= 0.6 is 9.24 Å². The quantitative estimate of drug-likeness (QED) is 0.194. The van der Waals surface area contributed by atoms with Crippen LogP contribution in [0.4, 0.5) is 10.5 Å². The molecule has 2 aromatic carbocycles. The van der Waals surface area contributed by atoms with Gasteiger partial charge in [0.05, 0.1) is 26.3 Å². The Morgan fingerprint density at radius 1 is 1.19 bits per heavy atom. The van der Waals surface area contributed by atoms with Crippen molar-refractivity contribution in [2.24, 2.45) is 0 Å². The van der Waals surface area contributed by atoms with Crippen LogP contribution in [0.25, 0.3) is 0 Å². The average molecular weight is 606 g/mol. The molecule has 3 amide bonds. The summed E-state index contributed by atoms with van der Waals surface area (Å²) in [6.07, 6.45) is 5.46. The fourth-order valence-corrected chi connectivity index (χ4v) is 6.31. The van der Waals surface area contributed by atoms with E-state index in [9.17, 15) is 9.59 Å². The minimum absolute atomic E-state index is 0.0433. The molecule has 2 aliphatic rings. The monoisotopic (exact) mass is 605 g/mol. The van der Waals surface area contributed by atoms with Crippen molar-refractivity contribution in [1.29, 1.82) is 5.41 Å². The summed E-state index contributed by atoms with van der Waals surface area (Å²) in [5, 5.41) is 12.3. The van der Waals surface area contributed by atoms with E-state index in [1.54, 1.807) is 26.2 Å². The van der Waals surface area contributed by atoms with Crippen molar-refractivity contribution >= 4 is 38.4 Å². The van der Waals surface area contributed by atoms with E-state index in [2.05, 4.69) is 27.6 Å². The average Bonchev–Trinajstić information content (AvgIpc) is 3.12. The van der Waals surface area contributed by atoms with Crippen LogP contribution in [0.15, 0.2) is 59.4 Å². The van der Waals surface area contributed by atoms with Gasteiger partial charge in [0.2, 0.25) is 0 Å². The van der Waals surface area contributed by atoms with Gasteiger partial charge in [-0.3, -0.25) is 9.69 Å². The fraction of sp³-hybridized carbons (Fsp3) is 0.424. The number of hydrogen-bond donors (Lipinski definition) is 2. The van der Waals surface area contributed by atoms with Gasteiger partial charge in [0.15, 0.2) is 0 Å². The predicted molar refractivity (Wildman–Crippen MR) is 175 cm³/mol. The van der Waals surface area contributed by atoms with Gasteiger partial charge in [0, 0.05) is 60.8 Å². The maximum atomic E-state index is 13.8. The molecule has 10 heteroatoms. The van der Waals surface area contributed by atoms with Crippen molar-refractivity contribution in [3.05, 3.63) is 70.6 Å². The van der Waals surface area contributed by atoms with Crippen molar-refractivity contribution in [3.8, 4) is 11.5 Å². The fourth-order valence-electron chi connectivity index (χ4n) is 6.11. The van der Waals surface area contributed by atoms with Crippen LogP contribution in [-0.4, -0.2) is 72.7 Å². The Morgan fingerprint density at radius 3 is 2.51 bits per heavy atom. The Kier molecular flexibility index (Phi) is 10.2. The molecular formula is C33H44N5O4P. The molecule has 2 aliphatic heterocycles. The molecule has 0 saturated carbocycles. The second-order valence-corrected chi connectivity index (χ2v) is 11.8. The maximum absolute atomic E-state index is 13.8. The molecule has 0 radical (unpaired) electrons. The predicted octanol–water partition coefficient (Wildman–Crippen LogP) is 5.32. The minimum atomic E-state index is -0.600. The van der Waals surface area contributed by atoms with Gasteiger partial charge in [-0.1, -0.05) is 25.1 Å². The number of urea groups is 1. The zero-order valence-electron chi connectivity index (χ0n) is 26.1. The minimum Gasteiger partial charge on any atom is -0.497 e. The molecule has 0 spiro atoms. The number of carbonyl (C=O) groups is 2. The molecular weight excluding hydrogens is 561 g/mol. The first-order valence-corrected chi connectivity index (χ1v) is 15.3. The Morgan fingerprint density at radius 2 is 1.91 bits per heavy atom. The molecule has 2 unspecified atom stereocenters. The second-order valence-electron chi connectivity index (χ2n) is 11.1. The van der Waals surface area contributed by atoms with Crippen molar-refractivity contribution in [1.82, 2.24) is 14.7 Å². The summed E-state index contributed by atoms with van der Waals surface area (Å²) in [4.78, 5) is 33.1. The standard InChI is InChI=1S/C33H44N5O4P/c1-7-28(35-23-9-11-25(43)12-10-23)27(15-17-34)31(39)36(4)18-16-33(3)30-14-13-26-22(19-24(41-5)20-29(26)42-6)21-37(30)32(40)38(33)8-2/h9-12,14,17,19-20,34-35H,7-8,13,15-16,18,21,43H2,1-6H3/b28-27+,34-17?. The molecule has 2 N–H and O–H groups in total. The first kappa shape index (κ1) is 32.1. The highest BCUT2D eigenvalue weighted by atomic mass is 31.0. The molecule has 2 heterocycles. The third-order valence-corrected chi connectivity index (χ3v) is 8.93. The number of rotatable bonds is 12. The lowest BCUT2D eigenvalue weighted by Gasteiger charge is -2.35. The van der Waals surface area contributed by atoms with Crippen LogP contribution in [0, 0.1) is 5.41 Å². The molecule has 4 rings (SSSR count). The van der Waals surface area contributed by atoms with Crippen molar-refractivity contribution in [2.45, 2.75) is 58.5 Å². The number of fused-ring (bicyclic) bond motifs is 2. The Bertz CT molecular complexity index is 1440. The van der Waals surface area contributed by atoms with E-state index in [0.29, 0.717) is 50.2 Å². The lowest BCUT2D eigenvalue weighted by Crippen LogP contribution is -2.46. The molecule has 0 aliphatic carbocycles. The summed E-state index contributed by atoms with van der Waals surface area (Å²) in [7, 11) is 7.74. The summed E-state index contributed by atoms with van der Waals surface area (Å²) in [6, 6.07) is 11.7. The van der Waals surface area contributed by atoms with Crippen molar-refractivity contribution in [2.75, 3.05) is 39.7 Å². The van der Waals surface area contributed by atoms with E-state index in [1.807, 2.05) is 60.0 Å². The van der Waals surface area contributed by atoms with Crippen LogP contribution in [0.1, 0.15) is 51.2 Å². The van der Waals surface area contributed by atoms with Crippen molar-refractivity contribution < 1.29 is 19.1 Å². The molecule has 2 atom stereocenters. The summed E-state index contributed by atoms with van der Waals surface area (Å²) in [5.74, 6) is 1.31. The number of nitrogens with one attached hydrogen (secondary N) is 2. The van der Waals surface area contributed by atoms with E-state index in [4.69, 9.17) is 14.9 Å². The van der Waals surface area contributed by atoms with Crippen LogP contribution in [0.2, 0.25) is 0 Å². The van der Waals surface area contributed by atoms with Crippen LogP contribution in [0.5, 0.6) is 11.5 Å². The highest BCUT2D eigenvalue weighted by molar-refractivity contribution is 7.27. The maximum Gasteiger partial charge on any atom is 0.325 e. The zero-order chi connectivity index (χ0) is 31.3. The number of ether oxygens (including phenoxy) is 2. The van der Waals surface area contributed by atoms with E-state index < -0.39 is 5.54 Å². The third-order valence-electron chi connectivity index (χ3n) is 8.54. The van der Waals surface area contributed by atoms with Crippen molar-refractivity contribution in [3.63, 3.8) is 0 Å². The van der Waals surface area contributed by atoms with Gasteiger partial charge in [-0.15, -0.1) is 9.24 Å². The number of nitrogens with zero attached hydrogens (tertiary/aromatic N) is 3. The number of allylic oxidation sites excluding steroid dienone is 2. The number of hydrogen-bond acceptors (Lipinski definition) is 6. The molecule has 2 aromatic rings. The molecule has 1 fully saturated rings. The number of amides is 3. The van der Waals surface area contributed by atoms with Gasteiger partial charge in [0.1, 0.15) is 11.5 Å². The van der Waals surface area contributed by atoms with Gasteiger partial charge in [-0.05, 0) is 68.4 Å². The van der Waals surface area contributed by atoms with Gasteiger partial charge < -0.3 is 30.0 Å². The molecule has 9 nitrogen and oxygen atoms in total. The first-order valence-electron chi connectivity index (χ1n) is 14.7. The number of methoxy groups -OCH3 is 2. The topological polar surface area (TPSA) is 98.2 Å². The summed E-state index contributed by atoms with van der Waals surface area (Å²) in [6.45, 7) is 7.50. The molecule has 230 valence electrons. The van der Waals surface area contributed by atoms with Gasteiger partial charge >= 0.3 is 6.03 Å². The van der Waals surface area contributed by atoms with Gasteiger partial charge in [-0.25, -0.2) is 4.79 Å². The molecule has 1 saturated heterocycles. The van der Waals surface area contributed by atoms with E-state index in [0.717, 1.165) is 39.3 Å². The molecule has 0 bridgehead atoms. The van der Waals surface area contributed by atoms with Crippen LogP contribution in [-0.2, 0) is 17.8 Å². The SMILES string of the molecule is CC/C(Nc1ccc(P)cc1)=C(/CC=N)C(=O)N(C)CCC1(C)C2=CCc3c(cc(OC)cc3OC)CN2C(=O)N1CC. The molecule has 0 aromatic heterocycles. The summed E-state index contributed by atoms with van der Waals surface area (Å²) >= 11 is 0. The summed E-state index contributed by atoms with van der Waals surface area (Å²) < 4.78 is 11.2. The lowest BCUT2D eigenvalue weighted by atomic mass is 9.91. The van der Waals surface area contributed by atoms with E-state index in [-0.39, 0.29) is 18.4 Å². The smallest absolute Gasteiger partial charge is 0.325 e. The Hall–Kier alpha value is -3.84. The normalized spacial score (nSPS) is 18.2. The number of carbonyl (C=O) groups excluding carboxylic acids is 2. The van der Waals surface area contributed by atoms with E-state index in [1.165, 1.54) is 6.21 Å². The molecule has 43 heavy (non-hydrogen) atoms. The number of anilines is 1. The van der Waals surface area contributed by atoms with Gasteiger partial charge in [0.25, 0.3) is 5.91 Å². The van der Waals surface area contributed by atoms with E-state index >= 15 is 0 Å². The van der Waals surface area contributed by atoms with Crippen LogP contribution < -0.4 is 20.1 Å². The third kappa shape index (κ3) is 6.42. The largest absolute Gasteiger partial charge is 0.497 e. The first-order chi connectivity index (χ1) is 20.6. The lowest BCUT2D eigenvalue weighted by molar-refractivity contribution is -0.126. The number of benzene rings is 2. The highest BCUT2D eigenvalue weighted by Gasteiger charge is 2.50. The van der Waals surface area contributed by atoms with Crippen LogP contribution in [0.3, 0.4) is 0 Å². The second kappa shape index (κ2) is 13.6. The Balaban J connectivity index is 1.59.